The quantitative estimate of drug-likeness (QED) is 0.677. The minimum Gasteiger partial charge on any atom is -0.494 e. The van der Waals surface area contributed by atoms with Crippen LogP contribution in [0, 0.1) is 12.7 Å². The van der Waals surface area contributed by atoms with Gasteiger partial charge < -0.3 is 14.6 Å². The maximum absolute atomic E-state index is 13.3. The summed E-state index contributed by atoms with van der Waals surface area (Å²) in [7, 11) is 0. The number of halogens is 1. The Balaban J connectivity index is 1.57. The Labute approximate surface area is 156 Å². The number of aromatic nitrogens is 2. The van der Waals surface area contributed by atoms with Crippen molar-refractivity contribution < 1.29 is 18.4 Å². The average Bonchev–Trinajstić information content (AvgIpc) is 3.13. The van der Waals surface area contributed by atoms with Gasteiger partial charge in [-0.15, -0.1) is 0 Å². The fraction of sp³-hybridized carbons (Fsp3) is 0.250. The number of ether oxygens (including phenoxy) is 1. The molecule has 0 aliphatic heterocycles. The molecule has 0 saturated heterocycles. The molecule has 3 rings (SSSR count). The third-order valence-corrected chi connectivity index (χ3v) is 3.93. The second kappa shape index (κ2) is 8.44. The number of benzene rings is 2. The van der Waals surface area contributed by atoms with Crippen LogP contribution in [0.3, 0.4) is 0 Å². The van der Waals surface area contributed by atoms with Gasteiger partial charge in [0.25, 0.3) is 0 Å². The molecule has 7 heteroatoms. The van der Waals surface area contributed by atoms with E-state index in [0.29, 0.717) is 30.4 Å². The van der Waals surface area contributed by atoms with Gasteiger partial charge in [0.15, 0.2) is 0 Å². The Morgan fingerprint density at radius 2 is 2.00 bits per heavy atom. The molecule has 0 fully saturated rings. The van der Waals surface area contributed by atoms with E-state index < -0.39 is 5.82 Å². The van der Waals surface area contributed by atoms with Crippen molar-refractivity contribution in [2.24, 2.45) is 0 Å². The third kappa shape index (κ3) is 4.91. The van der Waals surface area contributed by atoms with Crippen LogP contribution >= 0.6 is 0 Å². The lowest BCUT2D eigenvalue weighted by Crippen LogP contribution is -2.13. The number of nitrogens with one attached hydrogen (secondary N) is 1. The van der Waals surface area contributed by atoms with Crippen molar-refractivity contribution in [2.75, 3.05) is 11.9 Å². The fourth-order valence-corrected chi connectivity index (χ4v) is 2.50. The second-order valence-corrected chi connectivity index (χ2v) is 5.98. The normalized spacial score (nSPS) is 10.6. The van der Waals surface area contributed by atoms with Crippen LogP contribution in [0.5, 0.6) is 5.75 Å². The number of nitrogens with zero attached hydrogens (tertiary/aromatic N) is 2. The molecule has 3 aromatic rings. The zero-order chi connectivity index (χ0) is 19.2. The first-order valence-electron chi connectivity index (χ1n) is 8.67. The van der Waals surface area contributed by atoms with Gasteiger partial charge in [-0.1, -0.05) is 11.2 Å². The largest absolute Gasteiger partial charge is 0.494 e. The minimum atomic E-state index is -0.396. The van der Waals surface area contributed by atoms with Crippen molar-refractivity contribution in [3.8, 4) is 17.1 Å². The predicted octanol–water partition coefficient (Wildman–Crippen LogP) is 4.15. The molecular weight excluding hydrogens is 349 g/mol. The van der Waals surface area contributed by atoms with E-state index in [-0.39, 0.29) is 12.3 Å². The minimum absolute atomic E-state index is 0.154. The Hall–Kier alpha value is -3.22. The number of hydrogen-bond donors (Lipinski definition) is 1. The monoisotopic (exact) mass is 369 g/mol. The lowest BCUT2D eigenvalue weighted by molar-refractivity contribution is -0.116. The number of anilines is 1. The van der Waals surface area contributed by atoms with Crippen molar-refractivity contribution in [3.63, 3.8) is 0 Å². The highest BCUT2D eigenvalue weighted by atomic mass is 19.1. The number of hydrogen-bond acceptors (Lipinski definition) is 5. The van der Waals surface area contributed by atoms with Crippen LogP contribution in [0.15, 0.2) is 47.0 Å². The van der Waals surface area contributed by atoms with Gasteiger partial charge in [0.05, 0.1) is 6.61 Å². The van der Waals surface area contributed by atoms with Gasteiger partial charge in [0, 0.05) is 24.1 Å². The molecule has 140 valence electrons. The lowest BCUT2D eigenvalue weighted by atomic mass is 10.2. The molecule has 0 bridgehead atoms. The molecule has 1 amide bonds. The van der Waals surface area contributed by atoms with E-state index in [1.54, 1.807) is 13.0 Å². The van der Waals surface area contributed by atoms with Crippen molar-refractivity contribution in [2.45, 2.75) is 26.7 Å². The van der Waals surface area contributed by atoms with Gasteiger partial charge in [-0.3, -0.25) is 4.79 Å². The first-order valence-corrected chi connectivity index (χ1v) is 8.67. The lowest BCUT2D eigenvalue weighted by Gasteiger charge is -2.07. The summed E-state index contributed by atoms with van der Waals surface area (Å²) in [6, 6.07) is 11.6. The SMILES string of the molecule is CCOc1ccc(-c2noc(CCC(=O)Nc3cc(F)ccc3C)n2)cc1. The van der Waals surface area contributed by atoms with Crippen LogP contribution in [0.4, 0.5) is 10.1 Å². The molecule has 1 aromatic heterocycles. The van der Waals surface area contributed by atoms with E-state index in [9.17, 15) is 9.18 Å². The van der Waals surface area contributed by atoms with Gasteiger partial charge in [0.1, 0.15) is 11.6 Å². The molecule has 0 aliphatic rings. The summed E-state index contributed by atoms with van der Waals surface area (Å²) in [5, 5.41) is 6.64. The number of rotatable bonds is 7. The van der Waals surface area contributed by atoms with Crippen LogP contribution in [0.1, 0.15) is 24.8 Å². The highest BCUT2D eigenvalue weighted by molar-refractivity contribution is 5.91. The predicted molar refractivity (Wildman–Crippen MR) is 99.0 cm³/mol. The highest BCUT2D eigenvalue weighted by Crippen LogP contribution is 2.21. The zero-order valence-electron chi connectivity index (χ0n) is 15.2. The molecule has 0 radical (unpaired) electrons. The van der Waals surface area contributed by atoms with Gasteiger partial charge in [-0.05, 0) is 55.8 Å². The zero-order valence-corrected chi connectivity index (χ0v) is 15.2. The molecule has 0 unspecified atom stereocenters. The van der Waals surface area contributed by atoms with E-state index in [1.807, 2.05) is 31.2 Å². The Morgan fingerprint density at radius 1 is 1.22 bits per heavy atom. The molecule has 1 heterocycles. The first-order chi connectivity index (χ1) is 13.0. The molecule has 0 spiro atoms. The van der Waals surface area contributed by atoms with Crippen molar-refractivity contribution >= 4 is 11.6 Å². The number of aryl methyl sites for hydroxylation is 2. The topological polar surface area (TPSA) is 77.2 Å². The van der Waals surface area contributed by atoms with Gasteiger partial charge in [0.2, 0.25) is 17.6 Å². The number of carbonyl (C=O) groups excluding carboxylic acids is 1. The molecule has 2 aromatic carbocycles. The molecule has 6 nitrogen and oxygen atoms in total. The van der Waals surface area contributed by atoms with Crippen LogP contribution in [0.25, 0.3) is 11.4 Å². The maximum Gasteiger partial charge on any atom is 0.227 e. The second-order valence-electron chi connectivity index (χ2n) is 5.98. The van der Waals surface area contributed by atoms with E-state index in [0.717, 1.165) is 16.9 Å². The summed E-state index contributed by atoms with van der Waals surface area (Å²) < 4.78 is 23.9. The van der Waals surface area contributed by atoms with Crippen LogP contribution < -0.4 is 10.1 Å². The van der Waals surface area contributed by atoms with Gasteiger partial charge in [-0.2, -0.15) is 4.98 Å². The summed E-state index contributed by atoms with van der Waals surface area (Å²) >= 11 is 0. The van der Waals surface area contributed by atoms with E-state index >= 15 is 0 Å². The maximum atomic E-state index is 13.3. The van der Waals surface area contributed by atoms with Crippen LogP contribution in [-0.2, 0) is 11.2 Å². The van der Waals surface area contributed by atoms with E-state index in [4.69, 9.17) is 9.26 Å². The van der Waals surface area contributed by atoms with Gasteiger partial charge in [-0.25, -0.2) is 4.39 Å². The fourth-order valence-electron chi connectivity index (χ4n) is 2.50. The summed E-state index contributed by atoms with van der Waals surface area (Å²) in [4.78, 5) is 16.4. The molecular formula is C20H20FN3O3. The summed E-state index contributed by atoms with van der Waals surface area (Å²) in [6.45, 7) is 4.32. The Kier molecular flexibility index (Phi) is 5.80. The number of amides is 1. The first kappa shape index (κ1) is 18.6. The Bertz CT molecular complexity index is 922. The smallest absolute Gasteiger partial charge is 0.227 e. The molecule has 1 N–H and O–H groups in total. The summed E-state index contributed by atoms with van der Waals surface area (Å²) in [5.74, 6) is 0.950. The Morgan fingerprint density at radius 3 is 2.74 bits per heavy atom. The van der Waals surface area contributed by atoms with Crippen molar-refractivity contribution in [3.05, 3.63) is 59.7 Å². The average molecular weight is 369 g/mol. The molecule has 0 atom stereocenters. The van der Waals surface area contributed by atoms with Gasteiger partial charge >= 0.3 is 0 Å². The molecule has 0 aliphatic carbocycles. The van der Waals surface area contributed by atoms with Crippen molar-refractivity contribution in [1.29, 1.82) is 0 Å². The molecule has 27 heavy (non-hydrogen) atoms. The standard InChI is InChI=1S/C20H20FN3O3/c1-3-26-16-8-5-14(6-9-16)20-23-19(27-24-20)11-10-18(25)22-17-12-15(21)7-4-13(17)2/h4-9,12H,3,10-11H2,1-2H3,(H,22,25). The van der Waals surface area contributed by atoms with E-state index in [2.05, 4.69) is 15.5 Å². The molecule has 0 saturated carbocycles. The van der Waals surface area contributed by atoms with Crippen LogP contribution in [0.2, 0.25) is 0 Å². The highest BCUT2D eigenvalue weighted by Gasteiger charge is 2.12. The van der Waals surface area contributed by atoms with Crippen LogP contribution in [-0.4, -0.2) is 22.7 Å². The van der Waals surface area contributed by atoms with E-state index in [1.165, 1.54) is 12.1 Å². The third-order valence-electron chi connectivity index (χ3n) is 3.93. The van der Waals surface area contributed by atoms with Crippen molar-refractivity contribution in [1.82, 2.24) is 10.1 Å². The number of carbonyl (C=O) groups is 1. The summed E-state index contributed by atoms with van der Waals surface area (Å²) in [5.41, 5.74) is 2.05. The summed E-state index contributed by atoms with van der Waals surface area (Å²) in [6.07, 6.45) is 0.449.